The second-order valence-electron chi connectivity index (χ2n) is 5.10. The van der Waals surface area contributed by atoms with Crippen LogP contribution in [-0.4, -0.2) is 38.1 Å². The Morgan fingerprint density at radius 3 is 2.67 bits per heavy atom. The quantitative estimate of drug-likeness (QED) is 0.868. The van der Waals surface area contributed by atoms with E-state index in [0.717, 1.165) is 6.42 Å². The third kappa shape index (κ3) is 3.85. The van der Waals surface area contributed by atoms with Gasteiger partial charge in [0.1, 0.15) is 0 Å². The first kappa shape index (κ1) is 15.6. The highest BCUT2D eigenvalue weighted by molar-refractivity contribution is 7.92. The zero-order valence-corrected chi connectivity index (χ0v) is 13.1. The summed E-state index contributed by atoms with van der Waals surface area (Å²) in [7, 11) is -3.40. The van der Waals surface area contributed by atoms with Crippen molar-refractivity contribution in [2.75, 3.05) is 23.6 Å². The Bertz CT molecular complexity index is 665. The molecule has 0 aliphatic carbocycles. The van der Waals surface area contributed by atoms with Crippen molar-refractivity contribution in [3.05, 3.63) is 41.5 Å². The zero-order valence-electron chi connectivity index (χ0n) is 12.3. The van der Waals surface area contributed by atoms with Crippen LogP contribution in [0.2, 0.25) is 0 Å². The molecule has 0 aromatic heterocycles. The second-order valence-corrected chi connectivity index (χ2v) is 7.11. The molecular formula is C15H20N2O3S. The number of para-hydroxylation sites is 1. The molecule has 1 aromatic rings. The lowest BCUT2D eigenvalue weighted by molar-refractivity contribution is 0.0770. The molecule has 1 heterocycles. The predicted molar refractivity (Wildman–Crippen MR) is 83.8 cm³/mol. The Hall–Kier alpha value is -1.82. The molecule has 1 aliphatic heterocycles. The minimum atomic E-state index is -3.40. The van der Waals surface area contributed by atoms with E-state index in [2.05, 4.69) is 4.72 Å². The van der Waals surface area contributed by atoms with E-state index in [0.29, 0.717) is 24.3 Å². The Kier molecular flexibility index (Phi) is 4.67. The topological polar surface area (TPSA) is 66.5 Å². The van der Waals surface area contributed by atoms with Gasteiger partial charge in [0.15, 0.2) is 0 Å². The van der Waals surface area contributed by atoms with Crippen molar-refractivity contribution in [1.82, 2.24) is 4.90 Å². The molecular weight excluding hydrogens is 288 g/mol. The van der Waals surface area contributed by atoms with Gasteiger partial charge >= 0.3 is 0 Å². The van der Waals surface area contributed by atoms with Crippen LogP contribution in [0.1, 0.15) is 30.6 Å². The maximum atomic E-state index is 12.6. The molecule has 6 heteroatoms. The number of hydrogen-bond donors (Lipinski definition) is 1. The van der Waals surface area contributed by atoms with Crippen LogP contribution in [0.5, 0.6) is 0 Å². The maximum Gasteiger partial charge on any atom is 0.256 e. The molecule has 5 nitrogen and oxygen atoms in total. The molecule has 0 saturated heterocycles. The summed E-state index contributed by atoms with van der Waals surface area (Å²) in [5.41, 5.74) is 2.01. The first-order valence-corrected chi connectivity index (χ1v) is 8.62. The van der Waals surface area contributed by atoms with Crippen LogP contribution in [0.15, 0.2) is 35.9 Å². The van der Waals surface area contributed by atoms with Crippen LogP contribution >= 0.6 is 0 Å². The fourth-order valence-electron chi connectivity index (χ4n) is 2.12. The first-order valence-electron chi connectivity index (χ1n) is 6.97. The van der Waals surface area contributed by atoms with E-state index in [4.69, 9.17) is 0 Å². The molecule has 21 heavy (non-hydrogen) atoms. The van der Waals surface area contributed by atoms with E-state index in [-0.39, 0.29) is 11.7 Å². The zero-order chi connectivity index (χ0) is 15.5. The largest absolute Gasteiger partial charge is 0.335 e. The van der Waals surface area contributed by atoms with Crippen molar-refractivity contribution in [3.63, 3.8) is 0 Å². The summed E-state index contributed by atoms with van der Waals surface area (Å²) in [5.74, 6) is -0.172. The smallest absolute Gasteiger partial charge is 0.256 e. The van der Waals surface area contributed by atoms with Crippen molar-refractivity contribution in [2.24, 2.45) is 0 Å². The van der Waals surface area contributed by atoms with Gasteiger partial charge in [-0.05, 0) is 32.4 Å². The van der Waals surface area contributed by atoms with Crippen molar-refractivity contribution in [3.8, 4) is 0 Å². The van der Waals surface area contributed by atoms with Gasteiger partial charge in [0, 0.05) is 13.1 Å². The van der Waals surface area contributed by atoms with E-state index in [1.807, 2.05) is 13.0 Å². The highest BCUT2D eigenvalue weighted by Crippen LogP contribution is 2.20. The molecule has 0 unspecified atom stereocenters. The SMILES string of the molecule is CCS(=O)(=O)Nc1ccccc1C(=O)N1CC=C(C)CC1. The number of rotatable bonds is 4. The van der Waals surface area contributed by atoms with Gasteiger partial charge in [-0.15, -0.1) is 0 Å². The van der Waals surface area contributed by atoms with Crippen LogP contribution in [0.3, 0.4) is 0 Å². The molecule has 2 rings (SSSR count). The lowest BCUT2D eigenvalue weighted by atomic mass is 10.1. The minimum absolute atomic E-state index is 0.0266. The third-order valence-corrected chi connectivity index (χ3v) is 4.82. The van der Waals surface area contributed by atoms with E-state index < -0.39 is 10.0 Å². The Morgan fingerprint density at radius 1 is 1.33 bits per heavy atom. The summed E-state index contributed by atoms with van der Waals surface area (Å²) >= 11 is 0. The Labute approximate surface area is 125 Å². The summed E-state index contributed by atoms with van der Waals surface area (Å²) < 4.78 is 25.9. The Morgan fingerprint density at radius 2 is 2.05 bits per heavy atom. The molecule has 0 radical (unpaired) electrons. The van der Waals surface area contributed by atoms with Gasteiger partial charge in [-0.25, -0.2) is 8.42 Å². The molecule has 1 amide bonds. The number of sulfonamides is 1. The number of hydrogen-bond acceptors (Lipinski definition) is 3. The molecule has 0 fully saturated rings. The van der Waals surface area contributed by atoms with Gasteiger partial charge in [-0.1, -0.05) is 23.8 Å². The number of amides is 1. The third-order valence-electron chi connectivity index (χ3n) is 3.53. The van der Waals surface area contributed by atoms with Gasteiger partial charge in [0.05, 0.1) is 17.0 Å². The summed E-state index contributed by atoms with van der Waals surface area (Å²) in [6.07, 6.45) is 2.88. The Balaban J connectivity index is 2.26. The summed E-state index contributed by atoms with van der Waals surface area (Å²) in [4.78, 5) is 14.3. The molecule has 0 spiro atoms. The number of carbonyl (C=O) groups excluding carboxylic acids is 1. The molecule has 1 aliphatic rings. The molecule has 1 aromatic carbocycles. The van der Waals surface area contributed by atoms with Crippen molar-refractivity contribution in [1.29, 1.82) is 0 Å². The van der Waals surface area contributed by atoms with Gasteiger partial charge < -0.3 is 4.90 Å². The first-order chi connectivity index (χ1) is 9.93. The normalized spacial score (nSPS) is 15.5. The second kappa shape index (κ2) is 6.30. The monoisotopic (exact) mass is 308 g/mol. The molecule has 0 atom stereocenters. The highest BCUT2D eigenvalue weighted by Gasteiger charge is 2.21. The lowest BCUT2D eigenvalue weighted by Crippen LogP contribution is -2.35. The summed E-state index contributed by atoms with van der Waals surface area (Å²) in [6, 6.07) is 6.72. The average Bonchev–Trinajstić information content (AvgIpc) is 2.47. The van der Waals surface area contributed by atoms with Gasteiger partial charge in [0.2, 0.25) is 10.0 Å². The van der Waals surface area contributed by atoms with Gasteiger partial charge in [-0.2, -0.15) is 0 Å². The molecule has 114 valence electrons. The van der Waals surface area contributed by atoms with Gasteiger partial charge in [0.25, 0.3) is 5.91 Å². The van der Waals surface area contributed by atoms with Crippen molar-refractivity contribution >= 4 is 21.6 Å². The van der Waals surface area contributed by atoms with Crippen LogP contribution in [0, 0.1) is 0 Å². The van der Waals surface area contributed by atoms with Gasteiger partial charge in [-0.3, -0.25) is 9.52 Å². The summed E-state index contributed by atoms with van der Waals surface area (Å²) in [6.45, 7) is 4.84. The van der Waals surface area contributed by atoms with E-state index in [1.54, 1.807) is 36.1 Å². The highest BCUT2D eigenvalue weighted by atomic mass is 32.2. The lowest BCUT2D eigenvalue weighted by Gasteiger charge is -2.26. The minimum Gasteiger partial charge on any atom is -0.335 e. The van der Waals surface area contributed by atoms with Crippen LogP contribution in [-0.2, 0) is 10.0 Å². The number of nitrogens with zero attached hydrogens (tertiary/aromatic N) is 1. The average molecular weight is 308 g/mol. The maximum absolute atomic E-state index is 12.6. The van der Waals surface area contributed by atoms with Crippen molar-refractivity contribution in [2.45, 2.75) is 20.3 Å². The van der Waals surface area contributed by atoms with E-state index in [9.17, 15) is 13.2 Å². The number of carbonyl (C=O) groups is 1. The van der Waals surface area contributed by atoms with Crippen molar-refractivity contribution < 1.29 is 13.2 Å². The molecule has 0 bridgehead atoms. The number of benzene rings is 1. The van der Waals surface area contributed by atoms with Crippen LogP contribution < -0.4 is 4.72 Å². The van der Waals surface area contributed by atoms with E-state index in [1.165, 1.54) is 5.57 Å². The molecule has 1 N–H and O–H groups in total. The fraction of sp³-hybridized carbons (Fsp3) is 0.400. The number of nitrogens with one attached hydrogen (secondary N) is 1. The predicted octanol–water partition coefficient (Wildman–Crippen LogP) is 2.24. The number of anilines is 1. The molecule has 0 saturated carbocycles. The van der Waals surface area contributed by atoms with Crippen LogP contribution in [0.4, 0.5) is 5.69 Å². The fourth-order valence-corrected chi connectivity index (χ4v) is 2.78. The van der Waals surface area contributed by atoms with Crippen LogP contribution in [0.25, 0.3) is 0 Å². The van der Waals surface area contributed by atoms with E-state index >= 15 is 0 Å². The standard InChI is InChI=1S/C15H20N2O3S/c1-3-21(19,20)16-14-7-5-4-6-13(14)15(18)17-10-8-12(2)9-11-17/h4-8,16H,3,9-11H2,1-2H3. The summed E-state index contributed by atoms with van der Waals surface area (Å²) in [5, 5.41) is 0.